The minimum absolute atomic E-state index is 0.130. The van der Waals surface area contributed by atoms with Crippen LogP contribution in [0.1, 0.15) is 43.3 Å². The molecule has 1 aliphatic carbocycles. The van der Waals surface area contributed by atoms with Crippen molar-refractivity contribution in [1.82, 2.24) is 4.98 Å². The smallest absolute Gasteiger partial charge is 0.125 e. The van der Waals surface area contributed by atoms with E-state index >= 15 is 0 Å². The van der Waals surface area contributed by atoms with Crippen LogP contribution in [0.5, 0.6) is 0 Å². The predicted molar refractivity (Wildman–Crippen MR) is 71.2 cm³/mol. The molecule has 17 heavy (non-hydrogen) atoms. The standard InChI is InChI=1S/C13H22N2OS/c1-10-4-3-6-13(8-10,16-2)12-15-11(5-7-14)9-17-12/h9-10H,3-8,14H2,1-2H3. The Hall–Kier alpha value is -0.450. The molecule has 0 spiro atoms. The highest BCUT2D eigenvalue weighted by molar-refractivity contribution is 7.09. The minimum Gasteiger partial charge on any atom is -0.371 e. The number of thiazole rings is 1. The highest BCUT2D eigenvalue weighted by Gasteiger charge is 2.39. The molecule has 0 amide bonds. The summed E-state index contributed by atoms with van der Waals surface area (Å²) >= 11 is 1.73. The molecule has 1 aromatic heterocycles. The number of ether oxygens (including phenoxy) is 1. The normalized spacial score (nSPS) is 29.5. The lowest BCUT2D eigenvalue weighted by Crippen LogP contribution is -2.34. The van der Waals surface area contributed by atoms with Crippen molar-refractivity contribution in [2.75, 3.05) is 13.7 Å². The van der Waals surface area contributed by atoms with Crippen LogP contribution in [0.3, 0.4) is 0 Å². The average molecular weight is 254 g/mol. The number of methoxy groups -OCH3 is 1. The van der Waals surface area contributed by atoms with Gasteiger partial charge in [-0.15, -0.1) is 11.3 Å². The van der Waals surface area contributed by atoms with Gasteiger partial charge in [-0.05, 0) is 31.7 Å². The molecule has 0 aliphatic heterocycles. The van der Waals surface area contributed by atoms with Crippen LogP contribution in [-0.4, -0.2) is 18.6 Å². The molecule has 2 unspecified atom stereocenters. The van der Waals surface area contributed by atoms with E-state index in [1.807, 2.05) is 7.11 Å². The summed E-state index contributed by atoms with van der Waals surface area (Å²) in [5.41, 5.74) is 6.55. The zero-order chi connectivity index (χ0) is 12.3. The van der Waals surface area contributed by atoms with E-state index in [-0.39, 0.29) is 5.60 Å². The maximum absolute atomic E-state index is 5.84. The first-order valence-electron chi connectivity index (χ1n) is 6.40. The number of nitrogens with two attached hydrogens (primary N) is 1. The lowest BCUT2D eigenvalue weighted by molar-refractivity contribution is -0.0581. The van der Waals surface area contributed by atoms with Crippen molar-refractivity contribution < 1.29 is 4.74 Å². The zero-order valence-corrected chi connectivity index (χ0v) is 11.6. The third-order valence-electron chi connectivity index (χ3n) is 3.69. The summed E-state index contributed by atoms with van der Waals surface area (Å²) in [4.78, 5) is 4.71. The molecular weight excluding hydrogens is 232 g/mol. The van der Waals surface area contributed by atoms with Crippen LogP contribution in [0, 0.1) is 5.92 Å². The molecule has 4 heteroatoms. The highest BCUT2D eigenvalue weighted by Crippen LogP contribution is 2.43. The van der Waals surface area contributed by atoms with Crippen LogP contribution in [0.2, 0.25) is 0 Å². The molecule has 0 aromatic carbocycles. The Bertz CT molecular complexity index is 366. The van der Waals surface area contributed by atoms with Crippen LogP contribution in [0.4, 0.5) is 0 Å². The first kappa shape index (κ1) is 13.0. The SMILES string of the molecule is COC1(c2nc(CCN)cs2)CCCC(C)C1. The second-order valence-corrected chi connectivity index (χ2v) is 5.94. The second-order valence-electron chi connectivity index (χ2n) is 5.08. The van der Waals surface area contributed by atoms with Gasteiger partial charge in [0, 0.05) is 18.9 Å². The third-order valence-corrected chi connectivity index (χ3v) is 4.76. The fourth-order valence-electron chi connectivity index (χ4n) is 2.75. The monoisotopic (exact) mass is 254 g/mol. The van der Waals surface area contributed by atoms with E-state index in [1.165, 1.54) is 12.8 Å². The Labute approximate surface area is 107 Å². The Morgan fingerprint density at radius 2 is 2.47 bits per heavy atom. The number of hydrogen-bond acceptors (Lipinski definition) is 4. The summed E-state index contributed by atoms with van der Waals surface area (Å²) < 4.78 is 5.84. The van der Waals surface area contributed by atoms with Gasteiger partial charge in [0.1, 0.15) is 10.6 Å². The summed E-state index contributed by atoms with van der Waals surface area (Å²) in [6, 6.07) is 0. The van der Waals surface area contributed by atoms with E-state index in [1.54, 1.807) is 11.3 Å². The molecule has 96 valence electrons. The summed E-state index contributed by atoms with van der Waals surface area (Å²) in [6.07, 6.45) is 5.61. The number of rotatable bonds is 4. The minimum atomic E-state index is -0.130. The van der Waals surface area contributed by atoms with Gasteiger partial charge < -0.3 is 10.5 Å². The van der Waals surface area contributed by atoms with Crippen molar-refractivity contribution in [2.24, 2.45) is 11.7 Å². The van der Waals surface area contributed by atoms with Crippen LogP contribution in [-0.2, 0) is 16.8 Å². The largest absolute Gasteiger partial charge is 0.371 e. The molecule has 0 radical (unpaired) electrons. The highest BCUT2D eigenvalue weighted by atomic mass is 32.1. The summed E-state index contributed by atoms with van der Waals surface area (Å²) in [5, 5.41) is 3.28. The molecule has 2 atom stereocenters. The van der Waals surface area contributed by atoms with E-state index in [0.29, 0.717) is 6.54 Å². The van der Waals surface area contributed by atoms with Gasteiger partial charge in [0.25, 0.3) is 0 Å². The topological polar surface area (TPSA) is 48.1 Å². The Balaban J connectivity index is 2.20. The van der Waals surface area contributed by atoms with Gasteiger partial charge in [0.15, 0.2) is 0 Å². The van der Waals surface area contributed by atoms with E-state index in [9.17, 15) is 0 Å². The molecule has 3 nitrogen and oxygen atoms in total. The van der Waals surface area contributed by atoms with Gasteiger partial charge in [-0.1, -0.05) is 13.3 Å². The predicted octanol–water partition coefficient (Wildman–Crippen LogP) is 2.70. The summed E-state index contributed by atoms with van der Waals surface area (Å²) in [7, 11) is 1.82. The molecule has 2 rings (SSSR count). The first-order valence-corrected chi connectivity index (χ1v) is 7.28. The fourth-order valence-corrected chi connectivity index (χ4v) is 3.82. The van der Waals surface area contributed by atoms with Gasteiger partial charge in [-0.25, -0.2) is 4.98 Å². The maximum Gasteiger partial charge on any atom is 0.125 e. The van der Waals surface area contributed by atoms with E-state index < -0.39 is 0 Å². The lowest BCUT2D eigenvalue weighted by atomic mass is 9.79. The Kier molecular flexibility index (Phi) is 4.17. The molecule has 1 fully saturated rings. The van der Waals surface area contributed by atoms with Gasteiger partial charge >= 0.3 is 0 Å². The Morgan fingerprint density at radius 3 is 3.12 bits per heavy atom. The van der Waals surface area contributed by atoms with E-state index in [2.05, 4.69) is 12.3 Å². The molecule has 1 aliphatic rings. The van der Waals surface area contributed by atoms with Gasteiger partial charge in [-0.3, -0.25) is 0 Å². The molecule has 0 bridgehead atoms. The lowest BCUT2D eigenvalue weighted by Gasteiger charge is -2.37. The Morgan fingerprint density at radius 1 is 1.65 bits per heavy atom. The van der Waals surface area contributed by atoms with Gasteiger partial charge in [-0.2, -0.15) is 0 Å². The van der Waals surface area contributed by atoms with E-state index in [0.717, 1.165) is 35.9 Å². The van der Waals surface area contributed by atoms with Crippen LogP contribution in [0.15, 0.2) is 5.38 Å². The van der Waals surface area contributed by atoms with Gasteiger partial charge in [0.2, 0.25) is 0 Å². The number of nitrogens with zero attached hydrogens (tertiary/aromatic N) is 1. The van der Waals surface area contributed by atoms with Crippen LogP contribution < -0.4 is 5.73 Å². The van der Waals surface area contributed by atoms with Crippen molar-refractivity contribution in [3.63, 3.8) is 0 Å². The maximum atomic E-state index is 5.84. The van der Waals surface area contributed by atoms with Gasteiger partial charge in [0.05, 0.1) is 5.69 Å². The summed E-state index contributed by atoms with van der Waals surface area (Å²) in [5.74, 6) is 0.727. The second kappa shape index (κ2) is 5.46. The quantitative estimate of drug-likeness (QED) is 0.898. The van der Waals surface area contributed by atoms with Crippen molar-refractivity contribution in [3.8, 4) is 0 Å². The third kappa shape index (κ3) is 2.69. The molecule has 1 saturated carbocycles. The summed E-state index contributed by atoms with van der Waals surface area (Å²) in [6.45, 7) is 2.97. The number of hydrogen-bond donors (Lipinski definition) is 1. The molecular formula is C13H22N2OS. The van der Waals surface area contributed by atoms with Crippen LogP contribution >= 0.6 is 11.3 Å². The number of aromatic nitrogens is 1. The average Bonchev–Trinajstić information content (AvgIpc) is 2.78. The van der Waals surface area contributed by atoms with Crippen molar-refractivity contribution in [2.45, 2.75) is 44.6 Å². The van der Waals surface area contributed by atoms with Crippen molar-refractivity contribution in [3.05, 3.63) is 16.1 Å². The zero-order valence-electron chi connectivity index (χ0n) is 10.7. The fraction of sp³-hybridized carbons (Fsp3) is 0.769. The van der Waals surface area contributed by atoms with Crippen molar-refractivity contribution in [1.29, 1.82) is 0 Å². The molecule has 2 N–H and O–H groups in total. The van der Waals surface area contributed by atoms with Crippen molar-refractivity contribution >= 4 is 11.3 Å². The molecule has 1 heterocycles. The molecule has 0 saturated heterocycles. The van der Waals surface area contributed by atoms with Crippen LogP contribution in [0.25, 0.3) is 0 Å². The first-order chi connectivity index (χ1) is 8.20. The van der Waals surface area contributed by atoms with E-state index in [4.69, 9.17) is 15.5 Å². The molecule has 1 aromatic rings.